The van der Waals surface area contributed by atoms with E-state index in [9.17, 15) is 4.79 Å². The number of nitrogens with one attached hydrogen (secondary N) is 1. The van der Waals surface area contributed by atoms with Crippen LogP contribution in [0.2, 0.25) is 5.02 Å². The average Bonchev–Trinajstić information content (AvgIpc) is 2.97. The Morgan fingerprint density at radius 1 is 1.22 bits per heavy atom. The number of ether oxygens (including phenoxy) is 1. The largest absolute Gasteiger partial charge is 0.496 e. The van der Waals surface area contributed by atoms with Gasteiger partial charge in [-0.25, -0.2) is 0 Å². The van der Waals surface area contributed by atoms with Crippen molar-refractivity contribution >= 4 is 28.5 Å². The number of methoxy groups -OCH3 is 1. The fraction of sp³-hybridized carbons (Fsp3) is 0.167. The Hall–Kier alpha value is -2.46. The lowest BCUT2D eigenvalue weighted by atomic mass is 10.2. The summed E-state index contributed by atoms with van der Waals surface area (Å²) in [5.41, 5.74) is 1.27. The lowest BCUT2D eigenvalue weighted by molar-refractivity contribution is 0.0950. The predicted molar refractivity (Wildman–Crippen MR) is 90.3 cm³/mol. The quantitative estimate of drug-likeness (QED) is 0.767. The molecule has 4 nitrogen and oxygen atoms in total. The second kappa shape index (κ2) is 6.75. The second-order valence-electron chi connectivity index (χ2n) is 5.10. The summed E-state index contributed by atoms with van der Waals surface area (Å²) in [5.74, 6) is 1.11. The van der Waals surface area contributed by atoms with Crippen molar-refractivity contribution in [2.24, 2.45) is 0 Å². The summed E-state index contributed by atoms with van der Waals surface area (Å²) in [7, 11) is 1.52. The number of hydrogen-bond acceptors (Lipinski definition) is 3. The first-order valence-corrected chi connectivity index (χ1v) is 7.64. The third kappa shape index (κ3) is 3.48. The van der Waals surface area contributed by atoms with E-state index < -0.39 is 0 Å². The molecule has 1 amide bonds. The van der Waals surface area contributed by atoms with Gasteiger partial charge in [-0.3, -0.25) is 4.79 Å². The van der Waals surface area contributed by atoms with E-state index in [4.69, 9.17) is 20.8 Å². The minimum absolute atomic E-state index is 0.222. The molecule has 1 N–H and O–H groups in total. The van der Waals surface area contributed by atoms with Crippen LogP contribution in [-0.2, 0) is 6.42 Å². The van der Waals surface area contributed by atoms with Crippen molar-refractivity contribution in [2.75, 3.05) is 13.7 Å². The van der Waals surface area contributed by atoms with Gasteiger partial charge in [-0.15, -0.1) is 0 Å². The van der Waals surface area contributed by atoms with Crippen LogP contribution >= 0.6 is 11.6 Å². The summed E-state index contributed by atoms with van der Waals surface area (Å²) in [6.45, 7) is 0.467. The molecule has 0 saturated carbocycles. The summed E-state index contributed by atoms with van der Waals surface area (Å²) in [6, 6.07) is 14.8. The molecule has 1 heterocycles. The van der Waals surface area contributed by atoms with Crippen molar-refractivity contribution in [3.8, 4) is 5.75 Å². The number of carbonyl (C=O) groups excluding carboxylic acids is 1. The van der Waals surface area contributed by atoms with E-state index in [1.54, 1.807) is 18.2 Å². The molecule has 1 aromatic heterocycles. The normalized spacial score (nSPS) is 10.7. The minimum atomic E-state index is -0.222. The number of halogens is 1. The van der Waals surface area contributed by atoms with Crippen LogP contribution in [0.1, 0.15) is 16.1 Å². The predicted octanol–water partition coefficient (Wildman–Crippen LogP) is 4.07. The van der Waals surface area contributed by atoms with Gasteiger partial charge >= 0.3 is 0 Å². The molecule has 0 bridgehead atoms. The van der Waals surface area contributed by atoms with Crippen LogP contribution in [0.25, 0.3) is 11.0 Å². The Labute approximate surface area is 139 Å². The molecule has 0 aliphatic rings. The third-order valence-corrected chi connectivity index (χ3v) is 3.77. The maximum atomic E-state index is 12.3. The number of fused-ring (bicyclic) bond motifs is 1. The summed E-state index contributed by atoms with van der Waals surface area (Å²) >= 11 is 5.94. The number of para-hydroxylation sites is 1. The van der Waals surface area contributed by atoms with Crippen LogP contribution < -0.4 is 10.1 Å². The Kier molecular flexibility index (Phi) is 4.53. The van der Waals surface area contributed by atoms with Crippen molar-refractivity contribution in [1.82, 2.24) is 5.32 Å². The van der Waals surface area contributed by atoms with Gasteiger partial charge in [0.25, 0.3) is 5.91 Å². The Morgan fingerprint density at radius 2 is 2.04 bits per heavy atom. The topological polar surface area (TPSA) is 51.5 Å². The van der Waals surface area contributed by atoms with Crippen LogP contribution in [0.5, 0.6) is 5.75 Å². The highest BCUT2D eigenvalue weighted by Crippen LogP contribution is 2.22. The molecule has 0 unspecified atom stereocenters. The van der Waals surface area contributed by atoms with Gasteiger partial charge in [0, 0.05) is 23.4 Å². The number of amides is 1. The van der Waals surface area contributed by atoms with Crippen molar-refractivity contribution in [1.29, 1.82) is 0 Å². The van der Waals surface area contributed by atoms with E-state index in [0.717, 1.165) is 16.7 Å². The maximum absolute atomic E-state index is 12.3. The molecule has 0 radical (unpaired) electrons. The van der Waals surface area contributed by atoms with Gasteiger partial charge < -0.3 is 14.5 Å². The molecule has 0 saturated heterocycles. The third-order valence-electron chi connectivity index (χ3n) is 3.54. The summed E-state index contributed by atoms with van der Waals surface area (Å²) in [6.07, 6.45) is 0.614. The van der Waals surface area contributed by atoms with Crippen molar-refractivity contribution in [2.45, 2.75) is 6.42 Å². The Morgan fingerprint density at radius 3 is 2.83 bits per heavy atom. The van der Waals surface area contributed by atoms with E-state index in [2.05, 4.69) is 5.32 Å². The first-order chi connectivity index (χ1) is 11.2. The van der Waals surface area contributed by atoms with Crippen LogP contribution in [0.15, 0.2) is 52.9 Å². The molecule has 3 rings (SSSR count). The number of hydrogen-bond donors (Lipinski definition) is 1. The molecule has 23 heavy (non-hydrogen) atoms. The van der Waals surface area contributed by atoms with Gasteiger partial charge in [-0.1, -0.05) is 29.8 Å². The zero-order chi connectivity index (χ0) is 16.2. The van der Waals surface area contributed by atoms with Gasteiger partial charge in [0.05, 0.1) is 12.7 Å². The molecule has 5 heteroatoms. The second-order valence-corrected chi connectivity index (χ2v) is 5.54. The van der Waals surface area contributed by atoms with Crippen LogP contribution in [0.4, 0.5) is 0 Å². The lowest BCUT2D eigenvalue weighted by Crippen LogP contribution is -2.26. The molecular weight excluding hydrogens is 314 g/mol. The van der Waals surface area contributed by atoms with Crippen LogP contribution in [0.3, 0.4) is 0 Å². The fourth-order valence-electron chi connectivity index (χ4n) is 2.41. The highest BCUT2D eigenvalue weighted by atomic mass is 35.5. The van der Waals surface area contributed by atoms with Crippen molar-refractivity contribution in [3.05, 3.63) is 64.9 Å². The fourth-order valence-corrected chi connectivity index (χ4v) is 2.58. The Balaban J connectivity index is 1.64. The molecule has 0 spiro atoms. The smallest absolute Gasteiger partial charge is 0.255 e. The van der Waals surface area contributed by atoms with Crippen LogP contribution in [-0.4, -0.2) is 19.6 Å². The summed E-state index contributed by atoms with van der Waals surface area (Å²) < 4.78 is 10.9. The van der Waals surface area contributed by atoms with Gasteiger partial charge in [0.2, 0.25) is 0 Å². The Bertz CT molecular complexity index is 808. The number of furan rings is 1. The SMILES string of the molecule is COc1ccc(Cl)cc1C(=O)NCCc1cc2ccccc2o1. The number of carbonyl (C=O) groups is 1. The molecule has 0 aliphatic heterocycles. The first kappa shape index (κ1) is 15.4. The van der Waals surface area contributed by atoms with E-state index in [1.807, 2.05) is 30.3 Å². The van der Waals surface area contributed by atoms with E-state index in [1.165, 1.54) is 7.11 Å². The highest BCUT2D eigenvalue weighted by Gasteiger charge is 2.13. The first-order valence-electron chi connectivity index (χ1n) is 7.26. The molecular formula is C18H16ClNO3. The van der Waals surface area contributed by atoms with Crippen LogP contribution in [0, 0.1) is 0 Å². The maximum Gasteiger partial charge on any atom is 0.255 e. The van der Waals surface area contributed by atoms with Crippen molar-refractivity contribution < 1.29 is 13.9 Å². The minimum Gasteiger partial charge on any atom is -0.496 e. The van der Waals surface area contributed by atoms with Crippen molar-refractivity contribution in [3.63, 3.8) is 0 Å². The van der Waals surface area contributed by atoms with Gasteiger partial charge in [0.1, 0.15) is 17.1 Å². The molecule has 2 aromatic carbocycles. The lowest BCUT2D eigenvalue weighted by Gasteiger charge is -2.09. The molecule has 0 fully saturated rings. The van der Waals surface area contributed by atoms with E-state index in [0.29, 0.717) is 29.3 Å². The van der Waals surface area contributed by atoms with E-state index in [-0.39, 0.29) is 5.91 Å². The molecule has 3 aromatic rings. The number of rotatable bonds is 5. The number of benzene rings is 2. The van der Waals surface area contributed by atoms with Gasteiger partial charge in [-0.05, 0) is 30.3 Å². The average molecular weight is 330 g/mol. The standard InChI is InChI=1S/C18H16ClNO3/c1-22-17-7-6-13(19)11-15(17)18(21)20-9-8-14-10-12-4-2-3-5-16(12)23-14/h2-7,10-11H,8-9H2,1H3,(H,20,21). The van der Waals surface area contributed by atoms with Gasteiger partial charge in [0.15, 0.2) is 0 Å². The molecule has 0 aliphatic carbocycles. The molecule has 0 atom stereocenters. The zero-order valence-electron chi connectivity index (χ0n) is 12.6. The summed E-state index contributed by atoms with van der Waals surface area (Å²) in [5, 5.41) is 4.41. The van der Waals surface area contributed by atoms with Gasteiger partial charge in [-0.2, -0.15) is 0 Å². The molecule has 118 valence electrons. The monoisotopic (exact) mass is 329 g/mol. The van der Waals surface area contributed by atoms with E-state index >= 15 is 0 Å². The zero-order valence-corrected chi connectivity index (χ0v) is 13.4. The highest BCUT2D eigenvalue weighted by molar-refractivity contribution is 6.31. The summed E-state index contributed by atoms with van der Waals surface area (Å²) in [4.78, 5) is 12.3.